The minimum atomic E-state index is 0. The second kappa shape index (κ2) is 16.6. The van der Waals surface area contributed by atoms with Crippen molar-refractivity contribution in [3.8, 4) is 0 Å². The molecule has 1 nitrogen and oxygen atoms in total. The fourth-order valence-corrected chi connectivity index (χ4v) is 0. The molecule has 0 aromatic carbocycles. The Morgan fingerprint density at radius 1 is 1.50 bits per heavy atom. The first kappa shape index (κ1) is 15.7. The molecule has 18 valence electrons. The van der Waals surface area contributed by atoms with Gasteiger partial charge in [-0.1, -0.05) is 0 Å². The molecule has 0 unspecified atom stereocenters. The molecular formula is H5AlCaOSr. The van der Waals surface area contributed by atoms with Gasteiger partial charge in [-0.15, -0.1) is 0 Å². The van der Waals surface area contributed by atoms with Crippen molar-refractivity contribution in [2.75, 3.05) is 0 Å². The Morgan fingerprint density at radius 3 is 1.50 bits per heavy atom. The van der Waals surface area contributed by atoms with Crippen LogP contribution in [0, 0.1) is 0 Å². The summed E-state index contributed by atoms with van der Waals surface area (Å²) < 4.78 is 8.28. The predicted molar refractivity (Wildman–Crippen MR) is 23.8 cm³/mol. The monoisotopic (exact) mass is 176 g/mol. The molecule has 0 N–H and O–H groups in total. The summed E-state index contributed by atoms with van der Waals surface area (Å²) in [6.07, 6.45) is 0. The van der Waals surface area contributed by atoms with Crippen molar-refractivity contribution < 1.29 is 9.51 Å². The largest absolute Gasteiger partial charge is 2.00 e. The van der Waals surface area contributed by atoms with E-state index in [9.17, 15) is 0 Å². The van der Waals surface area contributed by atoms with Crippen molar-refractivity contribution in [3.63, 3.8) is 0 Å². The fraction of sp³-hybridized carbons (Fsp3) is 0. The molecule has 0 aliphatic rings. The Hall–Kier alpha value is 3.07. The van der Waals surface area contributed by atoms with Crippen molar-refractivity contribution in [1.29, 1.82) is 0 Å². The minimum Gasteiger partial charge on any atom is 2.00 e. The molecule has 4 heavy (non-hydrogen) atoms. The average Bonchev–Trinajstić information content (AvgIpc) is 1.00. The van der Waals surface area contributed by atoms with Gasteiger partial charge in [0.1, 0.15) is 0 Å². The molecule has 0 rings (SSSR count). The van der Waals surface area contributed by atoms with Gasteiger partial charge in [0.2, 0.25) is 0 Å². The van der Waals surface area contributed by atoms with Crippen LogP contribution in [-0.2, 0) is 3.80 Å². The van der Waals surface area contributed by atoms with Gasteiger partial charge in [0.25, 0.3) is 0 Å². The number of hydrogen-bond donors (Lipinski definition) is 0. The van der Waals surface area contributed by atoms with Crippen LogP contribution < -0.4 is 0 Å². The molecule has 0 amide bonds. The Bertz CT molecular complexity index is 16.0. The summed E-state index contributed by atoms with van der Waals surface area (Å²) in [6, 6.07) is 0. The Kier molecular flexibility index (Phi) is 65.1. The molecule has 0 radical (unpaired) electrons. The Morgan fingerprint density at radius 2 is 1.50 bits per heavy atom. The van der Waals surface area contributed by atoms with E-state index in [1.807, 2.05) is 0 Å². The first-order chi connectivity index (χ1) is 1.00. The zero-order valence-electron chi connectivity index (χ0n) is 6.53. The van der Waals surface area contributed by atoms with E-state index in [-0.39, 0.29) is 88.9 Å². The topological polar surface area (TPSA) is 17.1 Å². The molecule has 0 fully saturated rings. The Labute approximate surface area is 106 Å². The van der Waals surface area contributed by atoms with Gasteiger partial charge < -0.3 is 5.71 Å². The van der Waals surface area contributed by atoms with E-state index in [1.54, 1.807) is 0 Å². The zero-order valence-corrected chi connectivity index (χ0v) is 9.63. The summed E-state index contributed by atoms with van der Waals surface area (Å²) >= 11 is 0.611. The van der Waals surface area contributed by atoms with Crippen molar-refractivity contribution >= 4 is 99.4 Å². The van der Waals surface area contributed by atoms with Crippen molar-refractivity contribution in [2.24, 2.45) is 0 Å². The summed E-state index contributed by atoms with van der Waals surface area (Å²) in [7, 11) is 0. The summed E-state index contributed by atoms with van der Waals surface area (Å²) in [5.41, 5.74) is 0. The fourth-order valence-electron chi connectivity index (χ4n) is 0. The molecule has 0 spiro atoms. The van der Waals surface area contributed by atoms with Crippen LogP contribution in [0.5, 0.6) is 0 Å². The minimum absolute atomic E-state index is 0. The van der Waals surface area contributed by atoms with Crippen LogP contribution in [0.1, 0.15) is 5.71 Å². The maximum atomic E-state index is 8.28. The van der Waals surface area contributed by atoms with E-state index in [0.29, 0.717) is 16.2 Å². The summed E-state index contributed by atoms with van der Waals surface area (Å²) in [4.78, 5) is 0. The van der Waals surface area contributed by atoms with Crippen LogP contribution in [0.3, 0.4) is 0 Å². The third-order valence-corrected chi connectivity index (χ3v) is 0. The van der Waals surface area contributed by atoms with Gasteiger partial charge in [-0.3, -0.25) is 0 Å². The number of hydrogen-bond acceptors (Lipinski definition) is 1. The molecule has 0 aromatic heterocycles. The molecule has 0 aliphatic heterocycles. The smallest absolute Gasteiger partial charge is 2.00 e. The van der Waals surface area contributed by atoms with Crippen molar-refractivity contribution in [1.82, 2.24) is 0 Å². The van der Waals surface area contributed by atoms with E-state index in [1.165, 1.54) is 0 Å². The first-order valence-corrected chi connectivity index (χ1v) is 0.866. The van der Waals surface area contributed by atoms with Crippen molar-refractivity contribution in [2.45, 2.75) is 0 Å². The van der Waals surface area contributed by atoms with Gasteiger partial charge in [-0.05, 0) is 0 Å². The zero-order chi connectivity index (χ0) is 2.00. The van der Waals surface area contributed by atoms with Crippen LogP contribution in [-0.4, -0.2) is 99.4 Å². The maximum absolute atomic E-state index is 8.28. The second-order valence-electron chi connectivity index (χ2n) is 0. The maximum Gasteiger partial charge on any atom is 2.00 e. The summed E-state index contributed by atoms with van der Waals surface area (Å²) in [5.74, 6) is 0. The average molecular weight is 176 g/mol. The molecule has 0 atom stereocenters. The normalized spacial score (nSPS) is 0.750. The summed E-state index contributed by atoms with van der Waals surface area (Å²) in [5, 5.41) is 0. The summed E-state index contributed by atoms with van der Waals surface area (Å²) in [6.45, 7) is 0. The Balaban J connectivity index is -0.000000000333. The molecule has 0 aromatic rings. The second-order valence-corrected chi connectivity index (χ2v) is 0. The molecule has 0 heterocycles. The van der Waals surface area contributed by atoms with E-state index in [4.69, 9.17) is 3.80 Å². The van der Waals surface area contributed by atoms with Gasteiger partial charge in [0.15, 0.2) is 0 Å². The van der Waals surface area contributed by atoms with E-state index < -0.39 is 0 Å². The number of rotatable bonds is 0. The molecule has 0 bridgehead atoms. The van der Waals surface area contributed by atoms with Crippen LogP contribution in [0.2, 0.25) is 0 Å². The standard InChI is InChI=1S/Al.Ca.O.Sr.5H/q;+2;;+2;;4*-1. The quantitative estimate of drug-likeness (QED) is 0.429. The van der Waals surface area contributed by atoms with Gasteiger partial charge >= 0.3 is 103 Å². The predicted octanol–water partition coefficient (Wildman–Crippen LogP) is -1.08. The van der Waals surface area contributed by atoms with Gasteiger partial charge in [-0.25, -0.2) is 0 Å². The van der Waals surface area contributed by atoms with Crippen LogP contribution in [0.25, 0.3) is 0 Å². The van der Waals surface area contributed by atoms with Crippen molar-refractivity contribution in [3.05, 3.63) is 0 Å². The van der Waals surface area contributed by atoms with Gasteiger partial charge in [0.05, 0.1) is 0 Å². The van der Waals surface area contributed by atoms with E-state index in [0.717, 1.165) is 0 Å². The first-order valence-electron chi connectivity index (χ1n) is 0.289. The molecule has 0 saturated heterocycles. The van der Waals surface area contributed by atoms with Gasteiger partial charge in [0, 0.05) is 0 Å². The SMILES string of the molecule is [Ca+2].[H-].[H-].[H-].[H-].[O]=[AlH].[Sr+2]. The third-order valence-electron chi connectivity index (χ3n) is 0. The van der Waals surface area contributed by atoms with Gasteiger partial charge in [-0.2, -0.15) is 0 Å². The molecule has 0 saturated carbocycles. The van der Waals surface area contributed by atoms with E-state index >= 15 is 0 Å². The molecule has 4 heteroatoms. The van der Waals surface area contributed by atoms with Crippen LogP contribution in [0.4, 0.5) is 0 Å². The molecule has 0 aliphatic carbocycles. The van der Waals surface area contributed by atoms with E-state index in [2.05, 4.69) is 0 Å². The van der Waals surface area contributed by atoms with Crippen LogP contribution >= 0.6 is 0 Å². The van der Waals surface area contributed by atoms with Crippen LogP contribution in [0.15, 0.2) is 0 Å². The third kappa shape index (κ3) is 8.91. The molecular weight excluding hydrogens is 171 g/mol.